The number of benzene rings is 2. The van der Waals surface area contributed by atoms with E-state index in [2.05, 4.69) is 13.8 Å². The molecular formula is C22H24FNO3. The van der Waals surface area contributed by atoms with Crippen molar-refractivity contribution in [1.82, 2.24) is 0 Å². The highest BCUT2D eigenvalue weighted by molar-refractivity contribution is 5.85. The van der Waals surface area contributed by atoms with Crippen LogP contribution in [0.4, 0.5) is 4.39 Å². The van der Waals surface area contributed by atoms with Crippen molar-refractivity contribution in [3.8, 4) is 28.7 Å². The number of ether oxygens (including phenoxy) is 3. The van der Waals surface area contributed by atoms with Crippen LogP contribution in [-0.4, -0.2) is 27.4 Å². The molecule has 0 unspecified atom stereocenters. The number of nitriles is 1. The van der Waals surface area contributed by atoms with E-state index in [4.69, 9.17) is 19.5 Å². The second kappa shape index (κ2) is 9.75. The number of hydrogen-bond acceptors (Lipinski definition) is 4. The van der Waals surface area contributed by atoms with Crippen molar-refractivity contribution in [3.05, 3.63) is 53.4 Å². The Morgan fingerprint density at radius 3 is 2.41 bits per heavy atom. The third-order valence-electron chi connectivity index (χ3n) is 4.15. The molecule has 0 saturated heterocycles. The van der Waals surface area contributed by atoms with Crippen molar-refractivity contribution in [2.24, 2.45) is 0 Å². The van der Waals surface area contributed by atoms with Gasteiger partial charge in [-0.05, 0) is 46.9 Å². The number of nitrogens with zero attached hydrogens (tertiary/aromatic N) is 1. The largest absolute Gasteiger partial charge is 0.492 e. The molecule has 2 aromatic carbocycles. The fourth-order valence-corrected chi connectivity index (χ4v) is 2.90. The lowest BCUT2D eigenvalue weighted by Gasteiger charge is -2.22. The van der Waals surface area contributed by atoms with Gasteiger partial charge in [0.1, 0.15) is 12.4 Å². The minimum atomic E-state index is -0.316. The summed E-state index contributed by atoms with van der Waals surface area (Å²) < 4.78 is 30.1. The normalized spacial score (nSPS) is 11.0. The Morgan fingerprint density at radius 1 is 1.15 bits per heavy atom. The van der Waals surface area contributed by atoms with E-state index in [1.54, 1.807) is 32.4 Å². The average Bonchev–Trinajstić information content (AvgIpc) is 2.66. The lowest BCUT2D eigenvalue weighted by atomic mass is 9.88. The molecule has 0 atom stereocenters. The average molecular weight is 369 g/mol. The van der Waals surface area contributed by atoms with Gasteiger partial charge in [-0.3, -0.25) is 0 Å². The van der Waals surface area contributed by atoms with Crippen molar-refractivity contribution >= 4 is 6.08 Å². The second-order valence-corrected chi connectivity index (χ2v) is 6.25. The molecule has 0 bridgehead atoms. The lowest BCUT2D eigenvalue weighted by Crippen LogP contribution is -2.08. The minimum absolute atomic E-state index is 0.179. The Bertz CT molecular complexity index is 836. The van der Waals surface area contributed by atoms with E-state index in [1.165, 1.54) is 18.2 Å². The van der Waals surface area contributed by atoms with Gasteiger partial charge in [0.15, 0.2) is 11.5 Å². The Kier molecular flexibility index (Phi) is 7.39. The van der Waals surface area contributed by atoms with Crippen molar-refractivity contribution in [1.29, 1.82) is 5.26 Å². The summed E-state index contributed by atoms with van der Waals surface area (Å²) in [7, 11) is 3.18. The molecule has 0 spiro atoms. The molecule has 0 fully saturated rings. The van der Waals surface area contributed by atoms with Gasteiger partial charge in [-0.1, -0.05) is 26.0 Å². The molecule has 27 heavy (non-hydrogen) atoms. The molecule has 0 aliphatic heterocycles. The summed E-state index contributed by atoms with van der Waals surface area (Å²) in [6.45, 7) is 4.96. The zero-order valence-electron chi connectivity index (χ0n) is 16.1. The maximum Gasteiger partial charge on any atom is 0.169 e. The predicted octanol–water partition coefficient (Wildman–Crippen LogP) is 5.19. The Balaban J connectivity index is 2.78. The van der Waals surface area contributed by atoms with Crippen LogP contribution in [-0.2, 0) is 4.74 Å². The first-order valence-corrected chi connectivity index (χ1v) is 8.72. The summed E-state index contributed by atoms with van der Waals surface area (Å²) >= 11 is 0. The van der Waals surface area contributed by atoms with Crippen LogP contribution in [0.5, 0.6) is 11.5 Å². The molecule has 0 aliphatic carbocycles. The SMILES string of the molecule is COCCOc1cc(C(C)C)c(C=CC#N)c(-c2ccc(F)cc2)c1OC. The van der Waals surface area contributed by atoms with Crippen LogP contribution in [0.25, 0.3) is 17.2 Å². The third kappa shape index (κ3) is 4.87. The van der Waals surface area contributed by atoms with Gasteiger partial charge < -0.3 is 14.2 Å². The van der Waals surface area contributed by atoms with Gasteiger partial charge >= 0.3 is 0 Å². The first-order valence-electron chi connectivity index (χ1n) is 8.72. The second-order valence-electron chi connectivity index (χ2n) is 6.25. The number of allylic oxidation sites excluding steroid dienone is 1. The molecule has 4 nitrogen and oxygen atoms in total. The zero-order valence-corrected chi connectivity index (χ0v) is 16.1. The molecule has 0 aromatic heterocycles. The van der Waals surface area contributed by atoms with Gasteiger partial charge in [0, 0.05) is 18.7 Å². The van der Waals surface area contributed by atoms with E-state index in [0.29, 0.717) is 24.7 Å². The van der Waals surface area contributed by atoms with Crippen LogP contribution in [0.1, 0.15) is 30.9 Å². The topological polar surface area (TPSA) is 51.5 Å². The fourth-order valence-electron chi connectivity index (χ4n) is 2.90. The highest BCUT2D eigenvalue weighted by atomic mass is 19.1. The molecule has 0 saturated carbocycles. The van der Waals surface area contributed by atoms with Gasteiger partial charge in [0.25, 0.3) is 0 Å². The summed E-state index contributed by atoms with van der Waals surface area (Å²) in [5.41, 5.74) is 3.41. The van der Waals surface area contributed by atoms with Crippen molar-refractivity contribution < 1.29 is 18.6 Å². The molecule has 0 aliphatic rings. The smallest absolute Gasteiger partial charge is 0.169 e. The molecule has 0 radical (unpaired) electrons. The van der Waals surface area contributed by atoms with Crippen LogP contribution in [0, 0.1) is 17.1 Å². The first-order chi connectivity index (χ1) is 13.0. The standard InChI is InChI=1S/C22H24FNO3/c1-15(2)19-14-20(27-13-12-25-3)22(26-4)21(18(19)6-5-11-24)16-7-9-17(23)10-8-16/h5-10,14-15H,12-13H2,1-4H3. The van der Waals surface area contributed by atoms with E-state index in [-0.39, 0.29) is 11.7 Å². The van der Waals surface area contributed by atoms with E-state index < -0.39 is 0 Å². The summed E-state index contributed by atoms with van der Waals surface area (Å²) in [4.78, 5) is 0. The molecule has 142 valence electrons. The highest BCUT2D eigenvalue weighted by Crippen LogP contribution is 2.45. The monoisotopic (exact) mass is 369 g/mol. The quantitative estimate of drug-likeness (QED) is 0.475. The van der Waals surface area contributed by atoms with Crippen LogP contribution in [0.3, 0.4) is 0 Å². The lowest BCUT2D eigenvalue weighted by molar-refractivity contribution is 0.144. The summed E-state index contributed by atoms with van der Waals surface area (Å²) in [5.74, 6) is 0.994. The molecule has 2 aromatic rings. The van der Waals surface area contributed by atoms with Crippen molar-refractivity contribution in [2.75, 3.05) is 27.4 Å². The van der Waals surface area contributed by atoms with Crippen molar-refractivity contribution in [2.45, 2.75) is 19.8 Å². The first kappa shape index (κ1) is 20.5. The maximum absolute atomic E-state index is 13.5. The van der Waals surface area contributed by atoms with Gasteiger partial charge in [-0.15, -0.1) is 0 Å². The van der Waals surface area contributed by atoms with Crippen LogP contribution >= 0.6 is 0 Å². The molecule has 0 heterocycles. The Labute approximate surface area is 159 Å². The Hall–Kier alpha value is -2.84. The molecule has 0 amide bonds. The maximum atomic E-state index is 13.5. The molecule has 0 N–H and O–H groups in total. The fraction of sp³-hybridized carbons (Fsp3) is 0.318. The predicted molar refractivity (Wildman–Crippen MR) is 104 cm³/mol. The summed E-state index contributed by atoms with van der Waals surface area (Å²) in [6, 6.07) is 10.2. The number of hydrogen-bond donors (Lipinski definition) is 0. The van der Waals surface area contributed by atoms with Crippen LogP contribution in [0.15, 0.2) is 36.4 Å². The highest BCUT2D eigenvalue weighted by Gasteiger charge is 2.21. The van der Waals surface area contributed by atoms with E-state index in [1.807, 2.05) is 12.1 Å². The van der Waals surface area contributed by atoms with Gasteiger partial charge in [-0.25, -0.2) is 4.39 Å². The molecule has 2 rings (SSSR count). The minimum Gasteiger partial charge on any atom is -0.492 e. The van der Waals surface area contributed by atoms with Gasteiger partial charge in [0.2, 0.25) is 0 Å². The van der Waals surface area contributed by atoms with Gasteiger partial charge in [-0.2, -0.15) is 5.26 Å². The summed E-state index contributed by atoms with van der Waals surface area (Å²) in [6.07, 6.45) is 3.19. The summed E-state index contributed by atoms with van der Waals surface area (Å²) in [5, 5.41) is 9.02. The van der Waals surface area contributed by atoms with Gasteiger partial charge in [0.05, 0.1) is 19.8 Å². The third-order valence-corrected chi connectivity index (χ3v) is 4.15. The van der Waals surface area contributed by atoms with E-state index in [9.17, 15) is 4.39 Å². The Morgan fingerprint density at radius 2 is 1.85 bits per heavy atom. The van der Waals surface area contributed by atoms with E-state index >= 15 is 0 Å². The van der Waals surface area contributed by atoms with Crippen molar-refractivity contribution in [3.63, 3.8) is 0 Å². The molecule has 5 heteroatoms. The number of methoxy groups -OCH3 is 2. The molecular weight excluding hydrogens is 345 g/mol. The number of rotatable bonds is 8. The van der Waals surface area contributed by atoms with Crippen LogP contribution in [0.2, 0.25) is 0 Å². The number of halogens is 1. The van der Waals surface area contributed by atoms with E-state index in [0.717, 1.165) is 22.3 Å². The zero-order chi connectivity index (χ0) is 19.8. The van der Waals surface area contributed by atoms with Crippen LogP contribution < -0.4 is 9.47 Å².